The van der Waals surface area contributed by atoms with E-state index >= 15 is 0 Å². The van der Waals surface area contributed by atoms with Crippen LogP contribution < -0.4 is 0 Å². The van der Waals surface area contributed by atoms with Gasteiger partial charge in [0, 0.05) is 25.5 Å². The van der Waals surface area contributed by atoms with Gasteiger partial charge < -0.3 is 14.6 Å². The van der Waals surface area contributed by atoms with E-state index in [0.717, 1.165) is 30.6 Å². The second kappa shape index (κ2) is 6.39. The van der Waals surface area contributed by atoms with Gasteiger partial charge in [-0.2, -0.15) is 5.10 Å². The number of carbonyl (C=O) groups excluding carboxylic acids is 1. The quantitative estimate of drug-likeness (QED) is 0.762. The molecule has 6 heteroatoms. The molecule has 0 unspecified atom stereocenters. The number of amides is 1. The van der Waals surface area contributed by atoms with E-state index < -0.39 is 0 Å². The van der Waals surface area contributed by atoms with E-state index in [4.69, 9.17) is 9.84 Å². The Morgan fingerprint density at radius 3 is 2.67 bits per heavy atom. The summed E-state index contributed by atoms with van der Waals surface area (Å²) in [5, 5.41) is 4.90. The molecule has 4 heterocycles. The normalized spacial score (nSPS) is 18.4. The number of nitrogens with one attached hydrogen (secondary N) is 1. The van der Waals surface area contributed by atoms with Crippen molar-refractivity contribution in [1.82, 2.24) is 19.7 Å². The zero-order valence-electron chi connectivity index (χ0n) is 15.1. The first kappa shape index (κ1) is 16.3. The third-order valence-corrected chi connectivity index (χ3v) is 5.68. The van der Waals surface area contributed by atoms with Crippen LogP contribution in [0.4, 0.5) is 0 Å². The number of aromatic nitrogens is 3. The maximum atomic E-state index is 12.6. The SMILES string of the molecule is O=C(c1ccc[nH]1)N1CCC2(CC1)OCCc1cn(-c3ccccc3)nc12. The first-order valence-electron chi connectivity index (χ1n) is 9.46. The van der Waals surface area contributed by atoms with Crippen molar-refractivity contribution in [3.05, 3.63) is 71.8 Å². The van der Waals surface area contributed by atoms with E-state index in [1.807, 2.05) is 39.9 Å². The van der Waals surface area contributed by atoms with Gasteiger partial charge >= 0.3 is 0 Å². The van der Waals surface area contributed by atoms with Crippen molar-refractivity contribution in [1.29, 1.82) is 0 Å². The number of fused-ring (bicyclic) bond motifs is 2. The maximum absolute atomic E-state index is 12.6. The number of likely N-dealkylation sites (tertiary alicyclic amines) is 1. The highest BCUT2D eigenvalue weighted by Gasteiger charge is 2.44. The number of para-hydroxylation sites is 1. The van der Waals surface area contributed by atoms with Gasteiger partial charge in [0.2, 0.25) is 0 Å². The van der Waals surface area contributed by atoms with Crippen LogP contribution in [0.15, 0.2) is 54.9 Å². The van der Waals surface area contributed by atoms with Crippen LogP contribution >= 0.6 is 0 Å². The maximum Gasteiger partial charge on any atom is 0.270 e. The minimum absolute atomic E-state index is 0.0562. The summed E-state index contributed by atoms with van der Waals surface area (Å²) in [4.78, 5) is 17.5. The number of ether oxygens (including phenoxy) is 1. The number of piperidine rings is 1. The van der Waals surface area contributed by atoms with Gasteiger partial charge in [0.25, 0.3) is 5.91 Å². The Bertz CT molecular complexity index is 938. The summed E-state index contributed by atoms with van der Waals surface area (Å²) in [7, 11) is 0. The van der Waals surface area contributed by atoms with Crippen molar-refractivity contribution in [3.8, 4) is 5.69 Å². The monoisotopic (exact) mass is 362 g/mol. The van der Waals surface area contributed by atoms with Gasteiger partial charge in [-0.05, 0) is 49.1 Å². The molecule has 27 heavy (non-hydrogen) atoms. The summed E-state index contributed by atoms with van der Waals surface area (Å²) in [6.07, 6.45) is 6.35. The minimum Gasteiger partial charge on any atom is -0.368 e. The Labute approximate surface area is 157 Å². The van der Waals surface area contributed by atoms with Crippen molar-refractivity contribution in [3.63, 3.8) is 0 Å². The Morgan fingerprint density at radius 2 is 1.93 bits per heavy atom. The van der Waals surface area contributed by atoms with Gasteiger partial charge in [0.1, 0.15) is 11.3 Å². The highest BCUT2D eigenvalue weighted by Crippen LogP contribution is 2.41. The van der Waals surface area contributed by atoms with Crippen LogP contribution in [0.3, 0.4) is 0 Å². The average Bonchev–Trinajstić information content (AvgIpc) is 3.40. The first-order chi connectivity index (χ1) is 13.3. The van der Waals surface area contributed by atoms with Gasteiger partial charge in [-0.25, -0.2) is 4.68 Å². The third kappa shape index (κ3) is 2.77. The Kier molecular flexibility index (Phi) is 3.86. The molecule has 0 bridgehead atoms. The zero-order valence-corrected chi connectivity index (χ0v) is 15.1. The van der Waals surface area contributed by atoms with E-state index in [0.29, 0.717) is 25.4 Å². The molecule has 0 atom stereocenters. The summed E-state index contributed by atoms with van der Waals surface area (Å²) in [5.74, 6) is 0.0562. The van der Waals surface area contributed by atoms with Gasteiger partial charge in [-0.1, -0.05) is 18.2 Å². The standard InChI is InChI=1S/C21H22N4O2/c26-20(18-7-4-11-22-18)24-12-9-21(10-13-24)19-16(8-14-27-21)15-25(23-19)17-5-2-1-3-6-17/h1-7,11,15,22H,8-10,12-14H2. The molecule has 3 aromatic rings. The van der Waals surface area contributed by atoms with Crippen molar-refractivity contribution in [2.45, 2.75) is 24.9 Å². The van der Waals surface area contributed by atoms with Gasteiger partial charge in [0.15, 0.2) is 0 Å². The van der Waals surface area contributed by atoms with E-state index in [9.17, 15) is 4.79 Å². The molecule has 1 saturated heterocycles. The molecule has 138 valence electrons. The largest absolute Gasteiger partial charge is 0.368 e. The van der Waals surface area contributed by atoms with Crippen molar-refractivity contribution >= 4 is 5.91 Å². The fourth-order valence-corrected chi connectivity index (χ4v) is 4.20. The van der Waals surface area contributed by atoms with Crippen LogP contribution in [0.2, 0.25) is 0 Å². The van der Waals surface area contributed by atoms with Gasteiger partial charge in [-0.15, -0.1) is 0 Å². The van der Waals surface area contributed by atoms with Gasteiger partial charge in [0.05, 0.1) is 18.0 Å². The lowest BCUT2D eigenvalue weighted by Crippen LogP contribution is -2.48. The van der Waals surface area contributed by atoms with E-state index in [1.54, 1.807) is 6.20 Å². The van der Waals surface area contributed by atoms with E-state index in [1.165, 1.54) is 5.56 Å². The topological polar surface area (TPSA) is 63.1 Å². The Balaban J connectivity index is 1.40. The molecule has 0 saturated carbocycles. The first-order valence-corrected chi connectivity index (χ1v) is 9.46. The lowest BCUT2D eigenvalue weighted by molar-refractivity contribution is -0.0963. The van der Waals surface area contributed by atoms with Crippen LogP contribution in [-0.2, 0) is 16.8 Å². The molecule has 2 aromatic heterocycles. The second-order valence-corrected chi connectivity index (χ2v) is 7.25. The summed E-state index contributed by atoms with van der Waals surface area (Å²) in [6.45, 7) is 2.06. The molecular weight excluding hydrogens is 340 g/mol. The van der Waals surface area contributed by atoms with E-state index in [2.05, 4.69) is 23.3 Å². The second-order valence-electron chi connectivity index (χ2n) is 7.25. The molecule has 1 amide bonds. The van der Waals surface area contributed by atoms with Crippen LogP contribution in [0.25, 0.3) is 5.69 Å². The number of nitrogens with zero attached hydrogens (tertiary/aromatic N) is 3. The van der Waals surface area contributed by atoms with Crippen molar-refractivity contribution in [2.24, 2.45) is 0 Å². The molecule has 1 aromatic carbocycles. The van der Waals surface area contributed by atoms with Crippen LogP contribution in [0, 0.1) is 0 Å². The number of rotatable bonds is 2. The molecule has 2 aliphatic heterocycles. The number of aromatic amines is 1. The summed E-state index contributed by atoms with van der Waals surface area (Å²) in [6, 6.07) is 13.8. The van der Waals surface area contributed by atoms with Crippen LogP contribution in [0.1, 0.15) is 34.6 Å². The lowest BCUT2D eigenvalue weighted by atomic mass is 9.83. The highest BCUT2D eigenvalue weighted by atomic mass is 16.5. The third-order valence-electron chi connectivity index (χ3n) is 5.68. The molecule has 0 radical (unpaired) electrons. The molecule has 2 aliphatic rings. The molecule has 6 nitrogen and oxygen atoms in total. The summed E-state index contributed by atoms with van der Waals surface area (Å²) < 4.78 is 8.24. The molecule has 5 rings (SSSR count). The summed E-state index contributed by atoms with van der Waals surface area (Å²) >= 11 is 0. The highest BCUT2D eigenvalue weighted by molar-refractivity contribution is 5.92. The van der Waals surface area contributed by atoms with Crippen LogP contribution in [-0.4, -0.2) is 45.3 Å². The van der Waals surface area contributed by atoms with Gasteiger partial charge in [-0.3, -0.25) is 4.79 Å². The molecule has 1 spiro atoms. The summed E-state index contributed by atoms with van der Waals surface area (Å²) in [5.41, 5.74) is 3.63. The Hall–Kier alpha value is -2.86. The molecule has 1 fully saturated rings. The Morgan fingerprint density at radius 1 is 1.11 bits per heavy atom. The number of benzene rings is 1. The zero-order chi connectivity index (χ0) is 18.3. The molecule has 1 N–H and O–H groups in total. The average molecular weight is 362 g/mol. The van der Waals surface area contributed by atoms with E-state index in [-0.39, 0.29) is 11.5 Å². The molecule has 0 aliphatic carbocycles. The number of hydrogen-bond donors (Lipinski definition) is 1. The smallest absolute Gasteiger partial charge is 0.270 e. The predicted molar refractivity (Wildman–Crippen MR) is 101 cm³/mol. The fraction of sp³-hybridized carbons (Fsp3) is 0.333. The number of carbonyl (C=O) groups is 1. The predicted octanol–water partition coefficient (Wildman–Crippen LogP) is 2.90. The van der Waals surface area contributed by atoms with Crippen molar-refractivity contribution in [2.75, 3.05) is 19.7 Å². The number of hydrogen-bond acceptors (Lipinski definition) is 3. The minimum atomic E-state index is -0.375. The number of H-pyrrole nitrogens is 1. The van der Waals surface area contributed by atoms with Crippen LogP contribution in [0.5, 0.6) is 0 Å². The molecular formula is C21H22N4O2. The van der Waals surface area contributed by atoms with Crippen molar-refractivity contribution < 1.29 is 9.53 Å². The lowest BCUT2D eigenvalue weighted by Gasteiger charge is -2.42. The fourth-order valence-electron chi connectivity index (χ4n) is 4.20.